The van der Waals surface area contributed by atoms with Crippen molar-refractivity contribution >= 4 is 17.6 Å². The van der Waals surface area contributed by atoms with Crippen LogP contribution in [-0.4, -0.2) is 32.7 Å². The Hall–Kier alpha value is -1.10. The van der Waals surface area contributed by atoms with Crippen LogP contribution in [-0.2, 0) is 0 Å². The monoisotopic (exact) mass is 568 g/mol. The number of benzene rings is 2. The molecule has 0 radical (unpaired) electrons. The molecule has 0 spiro atoms. The Morgan fingerprint density at radius 2 is 1.28 bits per heavy atom. The van der Waals surface area contributed by atoms with Crippen LogP contribution in [0.3, 0.4) is 0 Å². The second-order valence-corrected chi connectivity index (χ2v) is 5.32. The maximum atomic E-state index is 12.1. The molecule has 25 heavy (non-hydrogen) atoms. The van der Waals surface area contributed by atoms with Gasteiger partial charge < -0.3 is 59.0 Å². The third-order valence-corrected chi connectivity index (χ3v) is 2.67. The topological polar surface area (TPSA) is 75.1 Å². The van der Waals surface area contributed by atoms with Gasteiger partial charge in [-0.2, -0.15) is 0 Å². The van der Waals surface area contributed by atoms with Crippen LogP contribution in [0.4, 0.5) is 0 Å². The van der Waals surface area contributed by atoms with Gasteiger partial charge in [0.2, 0.25) is 11.6 Å². The second-order valence-electron chi connectivity index (χ2n) is 5.32. The van der Waals surface area contributed by atoms with Crippen LogP contribution < -0.4 is 59.0 Å². The summed E-state index contributed by atoms with van der Waals surface area (Å²) < 4.78 is 0. The minimum atomic E-state index is -0.503. The van der Waals surface area contributed by atoms with Crippen LogP contribution in [0.15, 0.2) is 61.2 Å². The molecule has 5 N–H and O–H groups in total. The number of carbonyl (C=O) groups excluding carboxylic acids is 2. The van der Waals surface area contributed by atoms with E-state index >= 15 is 0 Å². The fraction of sp³-hybridized carbons (Fsp3) is 0.158. The molecule has 0 heterocycles. The number of ketones is 2. The van der Waals surface area contributed by atoms with Gasteiger partial charge in [0.25, 0.3) is 0 Å². The third kappa shape index (κ3) is 9.83. The highest BCUT2D eigenvalue weighted by Crippen LogP contribution is 2.13. The summed E-state index contributed by atoms with van der Waals surface area (Å²) in [5, 5.41) is 0. The van der Waals surface area contributed by atoms with Crippen molar-refractivity contribution in [2.24, 2.45) is 0 Å². The van der Waals surface area contributed by atoms with Gasteiger partial charge in [-0.1, -0.05) is 67.3 Å². The lowest BCUT2D eigenvalue weighted by atomic mass is 9.97. The molecule has 4 nitrogen and oxygen atoms in total. The molecule has 2 rings (SSSR count). The number of carbonyl (C=O) groups is 2. The van der Waals surface area contributed by atoms with Gasteiger partial charge in [-0.3, -0.25) is 9.59 Å². The van der Waals surface area contributed by atoms with Gasteiger partial charge in [0.15, 0.2) is 0 Å². The first-order valence-electron chi connectivity index (χ1n) is 7.09. The zero-order valence-corrected chi connectivity index (χ0v) is 19.4. The molecular formula is C19H26I2N2O2. The van der Waals surface area contributed by atoms with Gasteiger partial charge in [0.05, 0.1) is 21.1 Å². The lowest BCUT2D eigenvalue weighted by molar-refractivity contribution is -0.836. The van der Waals surface area contributed by atoms with E-state index < -0.39 is 11.6 Å². The van der Waals surface area contributed by atoms with Crippen molar-refractivity contribution in [1.82, 2.24) is 6.15 Å². The maximum Gasteiger partial charge on any atom is 0.234 e. The standard InChI is InChI=1S/C16H12O2.C3H9N.2HI.H3N/c1-2-12-8-6-7-11-14(12)16(18)15(17)13-9-4-3-5-10-13;1-4(2)3;;;/h2-11H,1H2;1-3H3;2*1H;1H3. The van der Waals surface area contributed by atoms with Crippen LogP contribution in [0.1, 0.15) is 26.3 Å². The molecular weight excluding hydrogens is 542 g/mol. The lowest BCUT2D eigenvalue weighted by Crippen LogP contribution is -3.02. The Bertz CT molecular complexity index is 657. The minimum Gasteiger partial charge on any atom is -1.00 e. The van der Waals surface area contributed by atoms with E-state index in [0.29, 0.717) is 16.7 Å². The van der Waals surface area contributed by atoms with Crippen molar-refractivity contribution in [2.45, 2.75) is 0 Å². The first-order chi connectivity index (χ1) is 10.5. The fourth-order valence-corrected chi connectivity index (χ4v) is 1.72. The van der Waals surface area contributed by atoms with E-state index in [0.717, 1.165) is 0 Å². The van der Waals surface area contributed by atoms with Gasteiger partial charge in [0, 0.05) is 11.1 Å². The molecule has 0 bridgehead atoms. The van der Waals surface area contributed by atoms with Gasteiger partial charge in [-0.15, -0.1) is 0 Å². The summed E-state index contributed by atoms with van der Waals surface area (Å²) in [5.74, 6) is -0.999. The van der Waals surface area contributed by atoms with Crippen molar-refractivity contribution in [1.29, 1.82) is 0 Å². The minimum absolute atomic E-state index is 0. The number of hydrogen-bond acceptors (Lipinski definition) is 2. The van der Waals surface area contributed by atoms with Gasteiger partial charge in [-0.25, -0.2) is 0 Å². The van der Waals surface area contributed by atoms with Gasteiger partial charge in [0.1, 0.15) is 0 Å². The quantitative estimate of drug-likeness (QED) is 0.229. The van der Waals surface area contributed by atoms with Gasteiger partial charge in [-0.05, 0) is 5.56 Å². The normalized spacial score (nSPS) is 8.48. The number of hydrogen-bond donors (Lipinski definition) is 2. The Morgan fingerprint density at radius 1 is 0.840 bits per heavy atom. The average molecular weight is 568 g/mol. The lowest BCUT2D eigenvalue weighted by Gasteiger charge is -2.04. The molecule has 0 aliphatic carbocycles. The average Bonchev–Trinajstić information content (AvgIpc) is 2.53. The summed E-state index contributed by atoms with van der Waals surface area (Å²) in [5.41, 5.74) is 1.47. The molecule has 2 aromatic carbocycles. The SMILES string of the molecule is C=Cc1ccccc1C(=O)C(=O)c1ccccc1.C[NH+](C)C.[I-].[I-].[NH4+]. The predicted molar refractivity (Wildman–Crippen MR) is 96.4 cm³/mol. The Labute approximate surface area is 184 Å². The third-order valence-electron chi connectivity index (χ3n) is 2.67. The van der Waals surface area contributed by atoms with E-state index in [-0.39, 0.29) is 54.1 Å². The predicted octanol–water partition coefficient (Wildman–Crippen LogP) is -3.46. The summed E-state index contributed by atoms with van der Waals surface area (Å²) in [7, 11) is 6.25. The van der Waals surface area contributed by atoms with Crippen molar-refractivity contribution in [3.63, 3.8) is 0 Å². The Morgan fingerprint density at radius 3 is 1.76 bits per heavy atom. The summed E-state index contributed by atoms with van der Waals surface area (Å²) >= 11 is 0. The first-order valence-corrected chi connectivity index (χ1v) is 7.09. The number of halogens is 2. The van der Waals surface area contributed by atoms with E-state index in [4.69, 9.17) is 0 Å². The summed E-state index contributed by atoms with van der Waals surface area (Å²) in [6.45, 7) is 3.64. The van der Waals surface area contributed by atoms with Crippen molar-refractivity contribution in [3.8, 4) is 0 Å². The molecule has 0 aliphatic heterocycles. The fourth-order valence-electron chi connectivity index (χ4n) is 1.72. The molecule has 0 unspecified atom stereocenters. The van der Waals surface area contributed by atoms with E-state index in [1.165, 1.54) is 4.90 Å². The van der Waals surface area contributed by atoms with E-state index in [2.05, 4.69) is 27.7 Å². The molecule has 6 heteroatoms. The molecule has 0 saturated heterocycles. The second kappa shape index (κ2) is 15.2. The van der Waals surface area contributed by atoms with E-state index in [9.17, 15) is 9.59 Å². The van der Waals surface area contributed by atoms with Crippen molar-refractivity contribution in [3.05, 3.63) is 77.9 Å². The number of nitrogens with one attached hydrogen (secondary N) is 1. The maximum absolute atomic E-state index is 12.1. The van der Waals surface area contributed by atoms with E-state index in [1.807, 2.05) is 0 Å². The number of Topliss-reactive ketones (excluding diaryl/α,β-unsaturated/α-hetero) is 2. The summed E-state index contributed by atoms with van der Waals surface area (Å²) in [6.07, 6.45) is 1.57. The zero-order chi connectivity index (χ0) is 16.5. The van der Waals surface area contributed by atoms with Crippen LogP contribution in [0.25, 0.3) is 6.08 Å². The van der Waals surface area contributed by atoms with Crippen LogP contribution in [0.5, 0.6) is 0 Å². The van der Waals surface area contributed by atoms with Crippen LogP contribution >= 0.6 is 0 Å². The molecule has 0 aliphatic rings. The number of rotatable bonds is 4. The number of quaternary nitrogens is 2. The largest absolute Gasteiger partial charge is 1.00 e. The van der Waals surface area contributed by atoms with Crippen LogP contribution in [0, 0.1) is 0 Å². The molecule has 0 fully saturated rings. The highest BCUT2D eigenvalue weighted by Gasteiger charge is 2.19. The molecule has 0 saturated carbocycles. The molecule has 2 aromatic rings. The summed E-state index contributed by atoms with van der Waals surface area (Å²) in [4.78, 5) is 25.6. The Kier molecular flexibility index (Phi) is 17.4. The molecule has 0 aromatic heterocycles. The van der Waals surface area contributed by atoms with Crippen molar-refractivity contribution in [2.75, 3.05) is 21.1 Å². The molecule has 0 amide bonds. The molecule has 138 valence electrons. The zero-order valence-electron chi connectivity index (χ0n) is 15.1. The van der Waals surface area contributed by atoms with Gasteiger partial charge >= 0.3 is 0 Å². The summed E-state index contributed by atoms with van der Waals surface area (Å²) in [6, 6.07) is 15.5. The van der Waals surface area contributed by atoms with Crippen LogP contribution in [0.2, 0.25) is 0 Å². The Balaban J connectivity index is -0.000000629. The molecule has 0 atom stereocenters. The highest BCUT2D eigenvalue weighted by atomic mass is 127. The first kappa shape index (κ1) is 28.7. The highest BCUT2D eigenvalue weighted by molar-refractivity contribution is 6.49. The van der Waals surface area contributed by atoms with E-state index in [1.54, 1.807) is 60.7 Å². The smallest absolute Gasteiger partial charge is 0.234 e. The van der Waals surface area contributed by atoms with Crippen molar-refractivity contribution < 1.29 is 62.4 Å².